The van der Waals surface area contributed by atoms with Crippen molar-refractivity contribution in [3.63, 3.8) is 0 Å². The molecule has 2 aliphatic rings. The standard InChI is InChI=1S/C29H29N7O4/c1-30-21-6-7-22(31-16-21)19-40-28-4-2-3-26(33-28)35-12-10-34(11-13-35)18-27-32-24-8-5-20(29(37)38)15-25(24)36(27)17-23-9-14-39-23/h2-8,15-16,23H,9-14,17-19H2,(H,37,38). The highest BCUT2D eigenvalue weighted by Crippen LogP contribution is 2.24. The van der Waals surface area contributed by atoms with E-state index in [-0.39, 0.29) is 18.3 Å². The minimum Gasteiger partial charge on any atom is -0.478 e. The van der Waals surface area contributed by atoms with Crippen molar-refractivity contribution in [2.45, 2.75) is 32.2 Å². The molecule has 0 amide bonds. The zero-order valence-corrected chi connectivity index (χ0v) is 21.9. The molecule has 0 aliphatic carbocycles. The number of ether oxygens (including phenoxy) is 2. The predicted molar refractivity (Wildman–Crippen MR) is 148 cm³/mol. The van der Waals surface area contributed by atoms with Gasteiger partial charge in [-0.2, -0.15) is 4.98 Å². The van der Waals surface area contributed by atoms with Gasteiger partial charge in [-0.25, -0.2) is 14.6 Å². The number of carboxylic acid groups (broad SMARTS) is 1. The molecule has 1 unspecified atom stereocenters. The van der Waals surface area contributed by atoms with Crippen LogP contribution in [0.5, 0.6) is 5.88 Å². The summed E-state index contributed by atoms with van der Waals surface area (Å²) in [5, 5.41) is 9.49. The largest absolute Gasteiger partial charge is 0.478 e. The van der Waals surface area contributed by atoms with Crippen molar-refractivity contribution < 1.29 is 19.4 Å². The van der Waals surface area contributed by atoms with Crippen LogP contribution in [-0.4, -0.2) is 74.4 Å². The molecule has 6 rings (SSSR count). The summed E-state index contributed by atoms with van der Waals surface area (Å²) in [7, 11) is 0. The highest BCUT2D eigenvalue weighted by atomic mass is 16.5. The van der Waals surface area contributed by atoms with Crippen LogP contribution in [0.25, 0.3) is 15.9 Å². The summed E-state index contributed by atoms with van der Waals surface area (Å²) in [6.45, 7) is 12.7. The Hall–Kier alpha value is -4.53. The second-order valence-corrected chi connectivity index (χ2v) is 9.93. The lowest BCUT2D eigenvalue weighted by atomic mass is 10.1. The molecule has 11 nitrogen and oxygen atoms in total. The minimum atomic E-state index is -0.942. The van der Waals surface area contributed by atoms with Gasteiger partial charge in [0.15, 0.2) is 0 Å². The number of aromatic carboxylic acids is 1. The fraction of sp³-hybridized carbons (Fsp3) is 0.345. The van der Waals surface area contributed by atoms with Crippen molar-refractivity contribution in [1.82, 2.24) is 24.4 Å². The first-order chi connectivity index (χ1) is 19.6. The van der Waals surface area contributed by atoms with Gasteiger partial charge < -0.3 is 24.0 Å². The lowest BCUT2D eigenvalue weighted by Crippen LogP contribution is -2.46. The van der Waals surface area contributed by atoms with Gasteiger partial charge in [-0.05, 0) is 36.8 Å². The summed E-state index contributed by atoms with van der Waals surface area (Å²) in [5.41, 5.74) is 3.14. The van der Waals surface area contributed by atoms with Gasteiger partial charge in [-0.1, -0.05) is 12.1 Å². The summed E-state index contributed by atoms with van der Waals surface area (Å²) >= 11 is 0. The van der Waals surface area contributed by atoms with E-state index in [1.165, 1.54) is 0 Å². The molecule has 2 fully saturated rings. The number of benzene rings is 1. The predicted octanol–water partition coefficient (Wildman–Crippen LogP) is 3.77. The number of carboxylic acids is 1. The van der Waals surface area contributed by atoms with E-state index in [2.05, 4.69) is 24.2 Å². The topological polar surface area (TPSA) is 110 Å². The second-order valence-electron chi connectivity index (χ2n) is 9.93. The number of anilines is 1. The first kappa shape index (κ1) is 25.7. The molecule has 1 aromatic carbocycles. The fourth-order valence-electron chi connectivity index (χ4n) is 4.97. The number of carbonyl (C=O) groups is 1. The van der Waals surface area contributed by atoms with Gasteiger partial charge in [0.25, 0.3) is 0 Å². The van der Waals surface area contributed by atoms with Crippen molar-refractivity contribution in [3.8, 4) is 5.88 Å². The average Bonchev–Trinajstić information content (AvgIpc) is 3.30. The minimum absolute atomic E-state index is 0.135. The van der Waals surface area contributed by atoms with E-state index >= 15 is 0 Å². The Morgan fingerprint density at radius 3 is 2.67 bits per heavy atom. The number of nitrogens with zero attached hydrogens (tertiary/aromatic N) is 7. The van der Waals surface area contributed by atoms with Gasteiger partial charge >= 0.3 is 5.97 Å². The molecule has 5 heterocycles. The van der Waals surface area contributed by atoms with Crippen molar-refractivity contribution in [2.24, 2.45) is 0 Å². The Bertz CT molecular complexity index is 1550. The molecule has 0 radical (unpaired) electrons. The molecule has 0 bridgehead atoms. The molecule has 2 saturated heterocycles. The van der Waals surface area contributed by atoms with Gasteiger partial charge in [0.05, 0.1) is 48.1 Å². The maximum atomic E-state index is 11.6. The molecular weight excluding hydrogens is 510 g/mol. The molecule has 1 N–H and O–H groups in total. The zero-order valence-electron chi connectivity index (χ0n) is 21.9. The Labute approximate surface area is 231 Å². The van der Waals surface area contributed by atoms with Crippen LogP contribution in [0, 0.1) is 6.57 Å². The van der Waals surface area contributed by atoms with Crippen LogP contribution in [-0.2, 0) is 24.4 Å². The second kappa shape index (κ2) is 11.3. The zero-order chi connectivity index (χ0) is 27.5. The van der Waals surface area contributed by atoms with E-state index in [1.54, 1.807) is 36.5 Å². The first-order valence-corrected chi connectivity index (χ1v) is 13.3. The third kappa shape index (κ3) is 5.59. The highest BCUT2D eigenvalue weighted by molar-refractivity contribution is 5.92. The monoisotopic (exact) mass is 539 g/mol. The Morgan fingerprint density at radius 2 is 1.98 bits per heavy atom. The first-order valence-electron chi connectivity index (χ1n) is 13.3. The number of hydrogen-bond donors (Lipinski definition) is 1. The number of pyridine rings is 2. The van der Waals surface area contributed by atoms with E-state index in [0.717, 1.165) is 67.6 Å². The third-order valence-electron chi connectivity index (χ3n) is 7.33. The van der Waals surface area contributed by atoms with Crippen molar-refractivity contribution in [3.05, 3.63) is 83.2 Å². The maximum absolute atomic E-state index is 11.6. The molecular formula is C29H29N7O4. The summed E-state index contributed by atoms with van der Waals surface area (Å²) in [6, 6.07) is 14.4. The van der Waals surface area contributed by atoms with Crippen LogP contribution >= 0.6 is 0 Å². The number of piperazine rings is 1. The number of hydrogen-bond acceptors (Lipinski definition) is 8. The van der Waals surface area contributed by atoms with E-state index in [4.69, 9.17) is 26.0 Å². The SMILES string of the molecule is [C-]#[N+]c1ccc(COc2cccc(N3CCN(Cc4nc5ccc(C(=O)O)cc5n4CC4CCO4)CC3)n2)nc1. The third-order valence-corrected chi connectivity index (χ3v) is 7.33. The normalized spacial score (nSPS) is 17.4. The van der Waals surface area contributed by atoms with Gasteiger partial charge in [0.2, 0.25) is 11.6 Å². The molecule has 0 saturated carbocycles. The molecule has 1 atom stereocenters. The van der Waals surface area contributed by atoms with Gasteiger partial charge in [0, 0.05) is 45.0 Å². The van der Waals surface area contributed by atoms with E-state index in [1.807, 2.05) is 18.2 Å². The quantitative estimate of drug-likeness (QED) is 0.318. The van der Waals surface area contributed by atoms with Gasteiger partial charge in [0.1, 0.15) is 18.2 Å². The number of fused-ring (bicyclic) bond motifs is 1. The van der Waals surface area contributed by atoms with E-state index < -0.39 is 5.97 Å². The van der Waals surface area contributed by atoms with Crippen LogP contribution in [0.15, 0.2) is 54.7 Å². The molecule has 4 aromatic rings. The van der Waals surface area contributed by atoms with Gasteiger partial charge in [-0.15, -0.1) is 0 Å². The summed E-state index contributed by atoms with van der Waals surface area (Å²) in [4.78, 5) is 33.4. The Morgan fingerprint density at radius 1 is 1.12 bits per heavy atom. The molecule has 0 spiro atoms. The molecule has 11 heteroatoms. The number of imidazole rings is 1. The summed E-state index contributed by atoms with van der Waals surface area (Å²) in [6.07, 6.45) is 2.67. The fourth-order valence-corrected chi connectivity index (χ4v) is 4.97. The summed E-state index contributed by atoms with van der Waals surface area (Å²) < 4.78 is 13.7. The van der Waals surface area contributed by atoms with E-state index in [9.17, 15) is 9.90 Å². The highest BCUT2D eigenvalue weighted by Gasteiger charge is 2.25. The molecule has 40 heavy (non-hydrogen) atoms. The number of rotatable bonds is 9. The Kier molecular flexibility index (Phi) is 7.27. The lowest BCUT2D eigenvalue weighted by Gasteiger charge is -2.35. The van der Waals surface area contributed by atoms with Crippen molar-refractivity contribution in [2.75, 3.05) is 37.7 Å². The van der Waals surface area contributed by atoms with Crippen LogP contribution in [0.3, 0.4) is 0 Å². The number of aromatic nitrogens is 4. The van der Waals surface area contributed by atoms with Crippen LogP contribution in [0.2, 0.25) is 0 Å². The summed E-state index contributed by atoms with van der Waals surface area (Å²) in [5.74, 6) is 1.38. The van der Waals surface area contributed by atoms with Crippen LogP contribution < -0.4 is 9.64 Å². The average molecular weight is 540 g/mol. The van der Waals surface area contributed by atoms with Gasteiger partial charge in [-0.3, -0.25) is 9.88 Å². The molecule has 204 valence electrons. The smallest absolute Gasteiger partial charge is 0.335 e. The van der Waals surface area contributed by atoms with E-state index in [0.29, 0.717) is 24.7 Å². The van der Waals surface area contributed by atoms with Crippen LogP contribution in [0.4, 0.5) is 11.5 Å². The van der Waals surface area contributed by atoms with Crippen molar-refractivity contribution in [1.29, 1.82) is 0 Å². The van der Waals surface area contributed by atoms with Crippen LogP contribution in [0.1, 0.15) is 28.3 Å². The molecule has 3 aromatic heterocycles. The Balaban J connectivity index is 1.10. The molecule has 2 aliphatic heterocycles. The maximum Gasteiger partial charge on any atom is 0.335 e. The lowest BCUT2D eigenvalue weighted by molar-refractivity contribution is -0.0592. The van der Waals surface area contributed by atoms with Crippen molar-refractivity contribution >= 4 is 28.5 Å².